The molecule has 0 aliphatic rings. The molecule has 28 heavy (non-hydrogen) atoms. The first-order valence-electron chi connectivity index (χ1n) is 8.02. The van der Waals surface area contributed by atoms with Gasteiger partial charge < -0.3 is 11.2 Å². The molecule has 3 N–H and O–H groups in total. The first kappa shape index (κ1) is 20.0. The van der Waals surface area contributed by atoms with Gasteiger partial charge in [0, 0.05) is 16.3 Å². The fourth-order valence-electron chi connectivity index (χ4n) is 2.33. The number of benzene rings is 2. The van der Waals surface area contributed by atoms with Crippen LogP contribution < -0.4 is 11.2 Å². The van der Waals surface area contributed by atoms with E-state index in [1.807, 2.05) is 6.07 Å². The smallest absolute Gasteiger partial charge is 0.237 e. The average Bonchev–Trinajstić information content (AvgIpc) is 3.02. The lowest BCUT2D eigenvalue weighted by atomic mass is 10.2. The van der Waals surface area contributed by atoms with E-state index in [0.717, 1.165) is 11.8 Å². The van der Waals surface area contributed by atoms with Crippen molar-refractivity contribution < 1.29 is 4.79 Å². The van der Waals surface area contributed by atoms with Gasteiger partial charge in [-0.1, -0.05) is 41.0 Å². The Morgan fingerprint density at radius 1 is 1.29 bits per heavy atom. The molecule has 0 aliphatic heterocycles. The molecule has 7 nitrogen and oxygen atoms in total. The summed E-state index contributed by atoms with van der Waals surface area (Å²) in [6.07, 6.45) is 0. The summed E-state index contributed by atoms with van der Waals surface area (Å²) in [6.45, 7) is 1.72. The second kappa shape index (κ2) is 8.52. The molecule has 142 valence electrons. The molecule has 1 heterocycles. The zero-order chi connectivity index (χ0) is 20.3. The van der Waals surface area contributed by atoms with Gasteiger partial charge in [0.05, 0.1) is 21.9 Å². The van der Waals surface area contributed by atoms with Crippen LogP contribution in [-0.4, -0.2) is 26.0 Å². The van der Waals surface area contributed by atoms with Crippen LogP contribution in [0.4, 0.5) is 5.69 Å². The second-order valence-electron chi connectivity index (χ2n) is 5.74. The lowest BCUT2D eigenvalue weighted by Crippen LogP contribution is -2.23. The number of carbonyl (C=O) groups is 1. The van der Waals surface area contributed by atoms with Crippen molar-refractivity contribution in [1.82, 2.24) is 14.9 Å². The van der Waals surface area contributed by atoms with Crippen molar-refractivity contribution in [2.24, 2.45) is 0 Å². The Labute approximate surface area is 175 Å². The maximum atomic E-state index is 12.4. The Bertz CT molecular complexity index is 1080. The summed E-state index contributed by atoms with van der Waals surface area (Å²) in [5.74, 6) is 6.20. The molecule has 0 fully saturated rings. The molecular weight excluding hydrogens is 419 g/mol. The predicted octanol–water partition coefficient (Wildman–Crippen LogP) is 3.96. The number of halogens is 2. The average molecular weight is 433 g/mol. The van der Waals surface area contributed by atoms with E-state index in [2.05, 4.69) is 15.5 Å². The van der Waals surface area contributed by atoms with Gasteiger partial charge in [-0.15, -0.1) is 10.2 Å². The molecule has 2 aromatic carbocycles. The SMILES string of the molecule is CC(Sc1nnc(-c2ccc(Cl)cc2Cl)n1N)C(=O)Nc1cccc(C#N)c1. The summed E-state index contributed by atoms with van der Waals surface area (Å²) in [5.41, 5.74) is 1.59. The minimum absolute atomic E-state index is 0.255. The maximum absolute atomic E-state index is 12.4. The summed E-state index contributed by atoms with van der Waals surface area (Å²) >= 11 is 13.3. The standard InChI is InChI=1S/C18H14Cl2N6OS/c1-10(17(27)23-13-4-2-3-11(7-13)9-21)28-18-25-24-16(26(18)22)14-6-5-12(19)8-15(14)20/h2-8,10H,22H2,1H3,(H,23,27). The number of rotatable bonds is 5. The first-order chi connectivity index (χ1) is 13.4. The van der Waals surface area contributed by atoms with Crippen LogP contribution in [0.3, 0.4) is 0 Å². The van der Waals surface area contributed by atoms with Crippen LogP contribution in [-0.2, 0) is 4.79 Å². The third-order valence-electron chi connectivity index (χ3n) is 3.75. The van der Waals surface area contributed by atoms with Gasteiger partial charge in [-0.3, -0.25) is 4.79 Å². The summed E-state index contributed by atoms with van der Waals surface area (Å²) in [6, 6.07) is 13.7. The third kappa shape index (κ3) is 4.39. The fourth-order valence-corrected chi connectivity index (χ4v) is 3.60. The number of thioether (sulfide) groups is 1. The number of aromatic nitrogens is 3. The van der Waals surface area contributed by atoms with E-state index in [0.29, 0.717) is 37.8 Å². The van der Waals surface area contributed by atoms with Crippen molar-refractivity contribution in [2.75, 3.05) is 11.2 Å². The maximum Gasteiger partial charge on any atom is 0.237 e. The van der Waals surface area contributed by atoms with Gasteiger partial charge in [-0.2, -0.15) is 5.26 Å². The van der Waals surface area contributed by atoms with Crippen molar-refractivity contribution in [3.63, 3.8) is 0 Å². The van der Waals surface area contributed by atoms with E-state index in [9.17, 15) is 4.79 Å². The molecule has 0 radical (unpaired) electrons. The highest BCUT2D eigenvalue weighted by molar-refractivity contribution is 8.00. The van der Waals surface area contributed by atoms with Gasteiger partial charge in [0.15, 0.2) is 5.82 Å². The summed E-state index contributed by atoms with van der Waals surface area (Å²) in [5, 5.41) is 20.6. The number of nitrogen functional groups attached to an aromatic ring is 1. The molecule has 0 aliphatic carbocycles. The number of hydrogen-bond donors (Lipinski definition) is 2. The van der Waals surface area contributed by atoms with Gasteiger partial charge >= 0.3 is 0 Å². The third-order valence-corrected chi connectivity index (χ3v) is 5.35. The van der Waals surface area contributed by atoms with E-state index < -0.39 is 5.25 Å². The lowest BCUT2D eigenvalue weighted by molar-refractivity contribution is -0.115. The number of amides is 1. The van der Waals surface area contributed by atoms with Crippen LogP contribution in [0.2, 0.25) is 10.0 Å². The molecular formula is C18H14Cl2N6OS. The predicted molar refractivity (Wildman–Crippen MR) is 111 cm³/mol. The van der Waals surface area contributed by atoms with Crippen molar-refractivity contribution in [3.8, 4) is 17.5 Å². The van der Waals surface area contributed by atoms with Crippen LogP contribution in [0.5, 0.6) is 0 Å². The van der Waals surface area contributed by atoms with Gasteiger partial charge in [0.2, 0.25) is 11.1 Å². The molecule has 10 heteroatoms. The number of nitrogens with zero attached hydrogens (tertiary/aromatic N) is 4. The topological polar surface area (TPSA) is 110 Å². The van der Waals surface area contributed by atoms with Gasteiger partial charge in [0.1, 0.15) is 0 Å². The van der Waals surface area contributed by atoms with Gasteiger partial charge in [-0.05, 0) is 43.3 Å². The number of nitrogens with two attached hydrogens (primary N) is 1. The van der Waals surface area contributed by atoms with E-state index in [-0.39, 0.29) is 5.91 Å². The Morgan fingerprint density at radius 3 is 2.79 bits per heavy atom. The van der Waals surface area contributed by atoms with E-state index in [4.69, 9.17) is 34.3 Å². The Kier molecular flexibility index (Phi) is 6.09. The number of anilines is 1. The highest BCUT2D eigenvalue weighted by atomic mass is 35.5. The molecule has 1 aromatic heterocycles. The number of nitriles is 1. The Balaban J connectivity index is 1.74. The van der Waals surface area contributed by atoms with E-state index in [1.54, 1.807) is 49.4 Å². The van der Waals surface area contributed by atoms with Gasteiger partial charge in [-0.25, -0.2) is 4.68 Å². The Morgan fingerprint density at radius 2 is 2.07 bits per heavy atom. The molecule has 1 amide bonds. The van der Waals surface area contributed by atoms with Crippen molar-refractivity contribution in [3.05, 3.63) is 58.1 Å². The quantitative estimate of drug-likeness (QED) is 0.466. The minimum atomic E-state index is -0.509. The zero-order valence-electron chi connectivity index (χ0n) is 14.6. The second-order valence-corrected chi connectivity index (χ2v) is 7.89. The normalized spacial score (nSPS) is 11.6. The lowest BCUT2D eigenvalue weighted by Gasteiger charge is -2.12. The molecule has 0 saturated carbocycles. The monoisotopic (exact) mass is 432 g/mol. The van der Waals surface area contributed by atoms with Crippen LogP contribution in [0.15, 0.2) is 47.6 Å². The zero-order valence-corrected chi connectivity index (χ0v) is 16.9. The number of hydrogen-bond acceptors (Lipinski definition) is 6. The van der Waals surface area contributed by atoms with Crippen molar-refractivity contribution >= 4 is 46.6 Å². The molecule has 3 rings (SSSR count). The number of nitrogens with one attached hydrogen (secondary N) is 1. The van der Waals surface area contributed by atoms with E-state index >= 15 is 0 Å². The summed E-state index contributed by atoms with van der Waals surface area (Å²) < 4.78 is 1.28. The van der Waals surface area contributed by atoms with Gasteiger partial charge in [0.25, 0.3) is 0 Å². The van der Waals surface area contributed by atoms with Crippen LogP contribution in [0.25, 0.3) is 11.4 Å². The molecule has 0 bridgehead atoms. The highest BCUT2D eigenvalue weighted by Crippen LogP contribution is 2.31. The molecule has 1 atom stereocenters. The van der Waals surface area contributed by atoms with Crippen LogP contribution in [0.1, 0.15) is 12.5 Å². The minimum Gasteiger partial charge on any atom is -0.335 e. The van der Waals surface area contributed by atoms with Crippen molar-refractivity contribution in [2.45, 2.75) is 17.3 Å². The van der Waals surface area contributed by atoms with Crippen LogP contribution >= 0.6 is 35.0 Å². The largest absolute Gasteiger partial charge is 0.335 e. The van der Waals surface area contributed by atoms with Crippen molar-refractivity contribution in [1.29, 1.82) is 5.26 Å². The highest BCUT2D eigenvalue weighted by Gasteiger charge is 2.21. The number of carbonyl (C=O) groups excluding carboxylic acids is 1. The molecule has 1 unspecified atom stereocenters. The Hall–Kier alpha value is -2.73. The fraction of sp³-hybridized carbons (Fsp3) is 0.111. The molecule has 3 aromatic rings. The summed E-state index contributed by atoms with van der Waals surface area (Å²) in [7, 11) is 0. The first-order valence-corrected chi connectivity index (χ1v) is 9.66. The molecule has 0 saturated heterocycles. The molecule has 0 spiro atoms. The van der Waals surface area contributed by atoms with Crippen LogP contribution in [0, 0.1) is 11.3 Å². The van der Waals surface area contributed by atoms with E-state index in [1.165, 1.54) is 4.68 Å². The summed E-state index contributed by atoms with van der Waals surface area (Å²) in [4.78, 5) is 12.4.